The molecule has 1 aromatic rings. The third-order valence-corrected chi connectivity index (χ3v) is 4.78. The van der Waals surface area contributed by atoms with Gasteiger partial charge >= 0.3 is 0 Å². The lowest BCUT2D eigenvalue weighted by atomic mass is 10.0. The van der Waals surface area contributed by atoms with Crippen molar-refractivity contribution in [2.45, 2.75) is 31.8 Å². The normalized spacial score (nSPS) is 22.1. The molecule has 3 rings (SSSR count). The minimum atomic E-state index is -3.56. The number of allylic oxidation sites excluding steroid dienone is 1. The van der Waals surface area contributed by atoms with E-state index in [1.54, 1.807) is 18.3 Å². The fraction of sp³-hybridized carbons (Fsp3) is 0.385. The lowest BCUT2D eigenvalue weighted by Crippen LogP contribution is -2.38. The van der Waals surface area contributed by atoms with Crippen molar-refractivity contribution in [2.24, 2.45) is 4.99 Å². The van der Waals surface area contributed by atoms with Crippen LogP contribution in [0, 0.1) is 0 Å². The minimum absolute atomic E-state index is 0.120. The monoisotopic (exact) mass is 277 g/mol. The second-order valence-electron chi connectivity index (χ2n) is 4.71. The largest absolute Gasteiger partial charge is 0.265 e. The Morgan fingerprint density at radius 3 is 3.05 bits per heavy atom. The van der Waals surface area contributed by atoms with E-state index < -0.39 is 10.0 Å². The number of nitrogens with one attached hydrogen (secondary N) is 1. The Morgan fingerprint density at radius 1 is 1.37 bits per heavy atom. The van der Waals surface area contributed by atoms with Crippen LogP contribution in [0.4, 0.5) is 0 Å². The van der Waals surface area contributed by atoms with Crippen LogP contribution >= 0.6 is 0 Å². The van der Waals surface area contributed by atoms with E-state index in [0.717, 1.165) is 25.0 Å². The van der Waals surface area contributed by atoms with Crippen molar-refractivity contribution in [2.75, 3.05) is 0 Å². The summed E-state index contributed by atoms with van der Waals surface area (Å²) in [4.78, 5) is 8.27. The molecule has 0 fully saturated rings. The number of aromatic nitrogens is 1. The molecule has 2 aliphatic rings. The van der Waals surface area contributed by atoms with Gasteiger partial charge in [0.25, 0.3) is 10.0 Å². The van der Waals surface area contributed by atoms with E-state index in [2.05, 4.69) is 14.7 Å². The molecule has 0 aromatic carbocycles. The van der Waals surface area contributed by atoms with Gasteiger partial charge in [-0.25, -0.2) is 13.1 Å². The highest BCUT2D eigenvalue weighted by molar-refractivity contribution is 8.05. The van der Waals surface area contributed by atoms with Crippen LogP contribution in [-0.2, 0) is 16.6 Å². The zero-order valence-electron chi connectivity index (χ0n) is 10.4. The first kappa shape index (κ1) is 12.5. The zero-order valence-corrected chi connectivity index (χ0v) is 11.2. The number of nitrogens with zero attached hydrogens (tertiary/aromatic N) is 2. The summed E-state index contributed by atoms with van der Waals surface area (Å²) in [6.45, 7) is 0.340. The van der Waals surface area contributed by atoms with E-state index in [-0.39, 0.29) is 11.1 Å². The van der Waals surface area contributed by atoms with Gasteiger partial charge in [-0.05, 0) is 31.4 Å². The summed E-state index contributed by atoms with van der Waals surface area (Å²) in [5.41, 5.74) is 1.34. The molecule has 1 aliphatic heterocycles. The maximum absolute atomic E-state index is 12.4. The van der Waals surface area contributed by atoms with Crippen LogP contribution < -0.4 is 4.72 Å². The van der Waals surface area contributed by atoms with Crippen molar-refractivity contribution in [1.82, 2.24) is 9.71 Å². The van der Waals surface area contributed by atoms with Crippen molar-refractivity contribution < 1.29 is 8.42 Å². The van der Waals surface area contributed by atoms with Gasteiger partial charge in [0, 0.05) is 17.8 Å². The molecule has 1 atom stereocenters. The lowest BCUT2D eigenvalue weighted by molar-refractivity contribution is 0.558. The van der Waals surface area contributed by atoms with Crippen molar-refractivity contribution in [3.63, 3.8) is 0 Å². The fourth-order valence-corrected chi connectivity index (χ4v) is 3.80. The average Bonchev–Trinajstić information content (AvgIpc) is 2.84. The number of hydrogen-bond donors (Lipinski definition) is 1. The average molecular weight is 277 g/mol. The Hall–Kier alpha value is -1.53. The molecule has 2 heterocycles. The summed E-state index contributed by atoms with van der Waals surface area (Å²) in [5, 5.41) is 0.120. The Balaban J connectivity index is 1.86. The number of aliphatic imine (C=N–C) groups is 1. The molecule has 6 heteroatoms. The molecule has 100 valence electrons. The van der Waals surface area contributed by atoms with Crippen LogP contribution in [0.3, 0.4) is 0 Å². The highest BCUT2D eigenvalue weighted by Crippen LogP contribution is 2.20. The number of pyridine rings is 1. The Morgan fingerprint density at radius 2 is 2.26 bits per heavy atom. The van der Waals surface area contributed by atoms with Crippen LogP contribution in [-0.4, -0.2) is 24.5 Å². The molecule has 0 saturated heterocycles. The van der Waals surface area contributed by atoms with E-state index in [1.807, 2.05) is 12.2 Å². The zero-order chi connectivity index (χ0) is 13.3. The van der Waals surface area contributed by atoms with Crippen LogP contribution in [0.25, 0.3) is 0 Å². The molecule has 19 heavy (non-hydrogen) atoms. The van der Waals surface area contributed by atoms with Crippen LogP contribution in [0.2, 0.25) is 0 Å². The third-order valence-electron chi connectivity index (χ3n) is 3.31. The van der Waals surface area contributed by atoms with Gasteiger partial charge in [-0.15, -0.1) is 0 Å². The molecule has 0 unspecified atom stereocenters. The van der Waals surface area contributed by atoms with Gasteiger partial charge in [-0.3, -0.25) is 9.98 Å². The van der Waals surface area contributed by atoms with Crippen molar-refractivity contribution in [3.8, 4) is 0 Å². The van der Waals surface area contributed by atoms with E-state index in [0.29, 0.717) is 12.1 Å². The molecule has 0 radical (unpaired) electrons. The van der Waals surface area contributed by atoms with E-state index in [1.165, 1.54) is 0 Å². The van der Waals surface area contributed by atoms with E-state index in [9.17, 15) is 8.42 Å². The summed E-state index contributed by atoms with van der Waals surface area (Å²) in [6.07, 6.45) is 8.45. The third kappa shape index (κ3) is 2.46. The molecule has 1 N–H and O–H groups in total. The second kappa shape index (κ2) is 4.86. The van der Waals surface area contributed by atoms with Crippen molar-refractivity contribution in [1.29, 1.82) is 0 Å². The summed E-state index contributed by atoms with van der Waals surface area (Å²) in [7, 11) is -3.56. The molecule has 0 saturated carbocycles. The molecule has 1 aromatic heterocycles. The SMILES string of the molecule is O=S(=O)(N[C@H]1C=CCCC1)C1=NCc2ncccc21. The first-order valence-corrected chi connectivity index (χ1v) is 7.83. The highest BCUT2D eigenvalue weighted by Gasteiger charge is 2.29. The van der Waals surface area contributed by atoms with E-state index >= 15 is 0 Å². The first-order chi connectivity index (χ1) is 9.17. The molecule has 1 aliphatic carbocycles. The van der Waals surface area contributed by atoms with Crippen molar-refractivity contribution >= 4 is 15.1 Å². The molecule has 0 amide bonds. The Kier molecular flexibility index (Phi) is 3.20. The van der Waals surface area contributed by atoms with Crippen molar-refractivity contribution in [3.05, 3.63) is 41.7 Å². The molecule has 0 bridgehead atoms. The van der Waals surface area contributed by atoms with E-state index in [4.69, 9.17) is 0 Å². The molecule has 5 nitrogen and oxygen atoms in total. The topological polar surface area (TPSA) is 71.4 Å². The highest BCUT2D eigenvalue weighted by atomic mass is 32.2. The predicted molar refractivity (Wildman–Crippen MR) is 73.3 cm³/mol. The summed E-state index contributed by atoms with van der Waals surface area (Å²) in [6, 6.07) is 3.36. The van der Waals surface area contributed by atoms with Gasteiger partial charge in [0.05, 0.1) is 12.2 Å². The molecule has 0 spiro atoms. The maximum atomic E-state index is 12.4. The van der Waals surface area contributed by atoms with Gasteiger partial charge in [0.15, 0.2) is 5.04 Å². The smallest absolute Gasteiger partial charge is 0.258 e. The van der Waals surface area contributed by atoms with Crippen LogP contribution in [0.15, 0.2) is 35.5 Å². The Bertz CT molecular complexity index is 650. The Labute approximate surface area is 112 Å². The second-order valence-corrected chi connectivity index (χ2v) is 6.34. The number of fused-ring (bicyclic) bond motifs is 1. The number of rotatable bonds is 2. The predicted octanol–water partition coefficient (Wildman–Crippen LogP) is 1.37. The minimum Gasteiger partial charge on any atom is -0.265 e. The van der Waals surface area contributed by atoms with Gasteiger partial charge in [-0.1, -0.05) is 12.2 Å². The van der Waals surface area contributed by atoms with Gasteiger partial charge < -0.3 is 0 Å². The molecular weight excluding hydrogens is 262 g/mol. The van der Waals surface area contributed by atoms with Crippen LogP contribution in [0.5, 0.6) is 0 Å². The first-order valence-electron chi connectivity index (χ1n) is 6.34. The summed E-state index contributed by atoms with van der Waals surface area (Å²) in [5.74, 6) is 0. The number of sulfonamides is 1. The standard InChI is InChI=1S/C13H15N3O2S/c17-19(18,16-10-5-2-1-3-6-10)13-11-7-4-8-14-12(11)9-15-13/h2,4-5,7-8,10,16H,1,3,6,9H2/t10-/m0/s1. The molecular formula is C13H15N3O2S. The van der Waals surface area contributed by atoms with Crippen LogP contribution in [0.1, 0.15) is 30.5 Å². The van der Waals surface area contributed by atoms with Gasteiger partial charge in [0.1, 0.15) is 0 Å². The quantitative estimate of drug-likeness (QED) is 0.830. The number of hydrogen-bond acceptors (Lipinski definition) is 4. The fourth-order valence-electron chi connectivity index (χ4n) is 2.39. The lowest BCUT2D eigenvalue weighted by Gasteiger charge is -2.18. The summed E-state index contributed by atoms with van der Waals surface area (Å²) >= 11 is 0. The van der Waals surface area contributed by atoms with Gasteiger partial charge in [-0.2, -0.15) is 0 Å². The maximum Gasteiger partial charge on any atom is 0.258 e. The van der Waals surface area contributed by atoms with Gasteiger partial charge in [0.2, 0.25) is 0 Å². The summed E-state index contributed by atoms with van der Waals surface area (Å²) < 4.78 is 27.4.